The van der Waals surface area contributed by atoms with E-state index in [9.17, 15) is 32.3 Å². The van der Waals surface area contributed by atoms with E-state index in [4.69, 9.17) is 11.6 Å². The number of nitrogens with zero attached hydrogens (tertiary/aromatic N) is 1. The monoisotopic (exact) mass is 506 g/mol. The van der Waals surface area contributed by atoms with Crippen LogP contribution >= 0.6 is 11.6 Å². The SMILES string of the molecule is O=C1CCC(n2ccc3ccc(CNC(=O)Nc4ccc(Cl)c(C(F)(F)F)c4)cc3c2=O)C(=O)N1. The first-order valence-corrected chi connectivity index (χ1v) is 10.8. The molecular formula is C23H18ClF3N4O4. The first kappa shape index (κ1) is 24.3. The smallest absolute Gasteiger partial charge is 0.334 e. The summed E-state index contributed by atoms with van der Waals surface area (Å²) in [4.78, 5) is 48.8. The second kappa shape index (κ2) is 9.41. The van der Waals surface area contributed by atoms with Gasteiger partial charge in [-0.25, -0.2) is 4.79 Å². The number of anilines is 1. The number of carbonyl (C=O) groups excluding carboxylic acids is 3. The van der Waals surface area contributed by atoms with Crippen LogP contribution in [0.3, 0.4) is 0 Å². The van der Waals surface area contributed by atoms with Gasteiger partial charge in [0.1, 0.15) is 6.04 Å². The summed E-state index contributed by atoms with van der Waals surface area (Å²) < 4.78 is 40.3. The molecule has 1 atom stereocenters. The standard InChI is InChI=1S/C23H18ClF3N4O4/c24-17-4-3-14(10-16(17)23(25,26)27)29-22(35)28-11-12-1-2-13-7-8-31(21(34)15(13)9-12)18-5-6-19(32)30-20(18)33/h1-4,7-10,18H,5-6,11H2,(H2,28,29,35)(H,30,32,33). The molecule has 12 heteroatoms. The molecule has 1 saturated heterocycles. The fourth-order valence-electron chi connectivity index (χ4n) is 3.78. The van der Waals surface area contributed by atoms with Gasteiger partial charge in [0, 0.05) is 30.2 Å². The molecule has 0 aliphatic carbocycles. The topological polar surface area (TPSA) is 109 Å². The summed E-state index contributed by atoms with van der Waals surface area (Å²) in [5.41, 5.74) is -1.04. The van der Waals surface area contributed by atoms with E-state index in [1.54, 1.807) is 24.3 Å². The van der Waals surface area contributed by atoms with Crippen molar-refractivity contribution in [1.82, 2.24) is 15.2 Å². The van der Waals surface area contributed by atoms with E-state index in [1.807, 2.05) is 0 Å². The Kier molecular flexibility index (Phi) is 6.53. The van der Waals surface area contributed by atoms with Crippen LogP contribution in [-0.4, -0.2) is 22.4 Å². The fourth-order valence-corrected chi connectivity index (χ4v) is 4.01. The predicted molar refractivity (Wildman–Crippen MR) is 122 cm³/mol. The third kappa shape index (κ3) is 5.29. The van der Waals surface area contributed by atoms with Crippen LogP contribution in [0.4, 0.5) is 23.7 Å². The van der Waals surface area contributed by atoms with Crippen molar-refractivity contribution in [3.63, 3.8) is 0 Å². The number of benzene rings is 2. The number of rotatable bonds is 4. The van der Waals surface area contributed by atoms with Gasteiger partial charge in [-0.05, 0) is 47.7 Å². The van der Waals surface area contributed by atoms with Crippen LogP contribution in [0.5, 0.6) is 0 Å². The molecule has 2 aromatic carbocycles. The maximum Gasteiger partial charge on any atom is 0.417 e. The summed E-state index contributed by atoms with van der Waals surface area (Å²) in [6, 6.07) is 8.04. The summed E-state index contributed by atoms with van der Waals surface area (Å²) in [6.07, 6.45) is -2.84. The minimum absolute atomic E-state index is 0.0196. The summed E-state index contributed by atoms with van der Waals surface area (Å²) >= 11 is 5.58. The molecule has 35 heavy (non-hydrogen) atoms. The lowest BCUT2D eigenvalue weighted by atomic mass is 10.0. The largest absolute Gasteiger partial charge is 0.417 e. The highest BCUT2D eigenvalue weighted by Gasteiger charge is 2.33. The molecule has 0 saturated carbocycles. The number of imide groups is 1. The molecular weight excluding hydrogens is 489 g/mol. The van der Waals surface area contributed by atoms with Crippen LogP contribution in [-0.2, 0) is 22.3 Å². The number of pyridine rings is 1. The normalized spacial score (nSPS) is 16.2. The molecule has 1 unspecified atom stereocenters. The maximum atomic E-state index is 13.0. The molecule has 0 radical (unpaired) electrons. The van der Waals surface area contributed by atoms with Gasteiger partial charge in [-0.3, -0.25) is 19.7 Å². The van der Waals surface area contributed by atoms with Crippen molar-refractivity contribution < 1.29 is 27.6 Å². The molecule has 3 N–H and O–H groups in total. The second-order valence-electron chi connectivity index (χ2n) is 7.92. The van der Waals surface area contributed by atoms with Crippen molar-refractivity contribution in [2.75, 3.05) is 5.32 Å². The Balaban J connectivity index is 1.49. The fraction of sp³-hybridized carbons (Fsp3) is 0.217. The average Bonchev–Trinajstić information content (AvgIpc) is 2.79. The summed E-state index contributed by atoms with van der Waals surface area (Å²) in [5.74, 6) is -0.937. The van der Waals surface area contributed by atoms with E-state index in [-0.39, 0.29) is 31.0 Å². The van der Waals surface area contributed by atoms with E-state index in [0.717, 1.165) is 12.1 Å². The second-order valence-corrected chi connectivity index (χ2v) is 8.32. The van der Waals surface area contributed by atoms with E-state index in [1.165, 1.54) is 16.8 Å². The Morgan fingerprint density at radius 2 is 1.89 bits per heavy atom. The Morgan fingerprint density at radius 3 is 2.60 bits per heavy atom. The number of hydrogen-bond donors (Lipinski definition) is 3. The minimum Gasteiger partial charge on any atom is -0.334 e. The van der Waals surface area contributed by atoms with Gasteiger partial charge in [0.15, 0.2) is 0 Å². The van der Waals surface area contributed by atoms with Crippen molar-refractivity contribution in [3.05, 3.63) is 75.2 Å². The third-order valence-electron chi connectivity index (χ3n) is 5.53. The van der Waals surface area contributed by atoms with Gasteiger partial charge in [0.25, 0.3) is 5.56 Å². The van der Waals surface area contributed by atoms with Crippen LogP contribution in [0.2, 0.25) is 5.02 Å². The van der Waals surface area contributed by atoms with Gasteiger partial charge < -0.3 is 15.2 Å². The molecule has 0 spiro atoms. The van der Waals surface area contributed by atoms with Crippen LogP contribution in [0.1, 0.15) is 30.0 Å². The molecule has 4 amide bonds. The average molecular weight is 507 g/mol. The zero-order chi connectivity index (χ0) is 25.3. The molecule has 2 heterocycles. The van der Waals surface area contributed by atoms with Crippen LogP contribution in [0.25, 0.3) is 10.8 Å². The van der Waals surface area contributed by atoms with E-state index in [0.29, 0.717) is 16.3 Å². The Morgan fingerprint density at radius 1 is 1.11 bits per heavy atom. The Labute approximate surface area is 201 Å². The number of aromatic nitrogens is 1. The number of nitrogens with one attached hydrogen (secondary N) is 3. The highest BCUT2D eigenvalue weighted by molar-refractivity contribution is 6.31. The molecule has 1 aliphatic heterocycles. The van der Waals surface area contributed by atoms with Gasteiger partial charge in [-0.15, -0.1) is 0 Å². The first-order chi connectivity index (χ1) is 16.5. The Hall–Kier alpha value is -3.86. The zero-order valence-electron chi connectivity index (χ0n) is 17.9. The quantitative estimate of drug-likeness (QED) is 0.465. The first-order valence-electron chi connectivity index (χ1n) is 10.4. The van der Waals surface area contributed by atoms with Crippen LogP contribution in [0, 0.1) is 0 Å². The van der Waals surface area contributed by atoms with E-state index in [2.05, 4.69) is 16.0 Å². The van der Waals surface area contributed by atoms with Crippen molar-refractivity contribution in [1.29, 1.82) is 0 Å². The van der Waals surface area contributed by atoms with Gasteiger partial charge in [-0.2, -0.15) is 13.2 Å². The number of amides is 4. The van der Waals surface area contributed by atoms with Gasteiger partial charge >= 0.3 is 12.2 Å². The van der Waals surface area contributed by atoms with Gasteiger partial charge in [0.2, 0.25) is 11.8 Å². The Bertz CT molecular complexity index is 1400. The van der Waals surface area contributed by atoms with Crippen LogP contribution < -0.4 is 21.5 Å². The molecule has 0 bridgehead atoms. The molecule has 3 aromatic rings. The summed E-state index contributed by atoms with van der Waals surface area (Å²) in [5, 5.41) is 7.50. The van der Waals surface area contributed by atoms with Gasteiger partial charge in [0.05, 0.1) is 10.6 Å². The lowest BCUT2D eigenvalue weighted by molar-refractivity contribution is -0.138. The molecule has 4 rings (SSSR count). The van der Waals surface area contributed by atoms with Crippen LogP contribution in [0.15, 0.2) is 53.5 Å². The van der Waals surface area contributed by atoms with E-state index >= 15 is 0 Å². The van der Waals surface area contributed by atoms with Crippen molar-refractivity contribution in [2.24, 2.45) is 0 Å². The van der Waals surface area contributed by atoms with Crippen molar-refractivity contribution in [2.45, 2.75) is 31.6 Å². The number of urea groups is 1. The minimum atomic E-state index is -4.67. The number of halogens is 4. The van der Waals surface area contributed by atoms with Gasteiger partial charge in [-0.1, -0.05) is 23.7 Å². The summed E-state index contributed by atoms with van der Waals surface area (Å²) in [7, 11) is 0. The lowest BCUT2D eigenvalue weighted by Gasteiger charge is -2.23. The number of piperidine rings is 1. The predicted octanol–water partition coefficient (Wildman–Crippen LogP) is 3.97. The molecule has 1 aromatic heterocycles. The summed E-state index contributed by atoms with van der Waals surface area (Å²) in [6.45, 7) is -0.0196. The highest BCUT2D eigenvalue weighted by atomic mass is 35.5. The number of hydrogen-bond acceptors (Lipinski definition) is 4. The maximum absolute atomic E-state index is 13.0. The molecule has 182 valence electrons. The molecule has 1 fully saturated rings. The van der Waals surface area contributed by atoms with Crippen molar-refractivity contribution >= 4 is 45.9 Å². The van der Waals surface area contributed by atoms with Crippen molar-refractivity contribution in [3.8, 4) is 0 Å². The third-order valence-corrected chi connectivity index (χ3v) is 5.86. The highest BCUT2D eigenvalue weighted by Crippen LogP contribution is 2.36. The number of carbonyl (C=O) groups is 3. The zero-order valence-corrected chi connectivity index (χ0v) is 18.7. The van der Waals surface area contributed by atoms with E-state index < -0.39 is 40.3 Å². The molecule has 1 aliphatic rings. The molecule has 8 nitrogen and oxygen atoms in total. The lowest BCUT2D eigenvalue weighted by Crippen LogP contribution is -2.44. The number of alkyl halides is 3. The number of fused-ring (bicyclic) bond motifs is 1.